The summed E-state index contributed by atoms with van der Waals surface area (Å²) < 4.78 is 206. The fraction of sp³-hybridized carbons (Fsp3) is 0.0392. The molecule has 0 aliphatic heterocycles. The van der Waals surface area contributed by atoms with Gasteiger partial charge in [0.25, 0.3) is 23.6 Å². The van der Waals surface area contributed by atoms with Gasteiger partial charge in [0.1, 0.15) is 50.6 Å². The van der Waals surface area contributed by atoms with E-state index in [-0.39, 0.29) is 228 Å². The van der Waals surface area contributed by atoms with Gasteiger partial charge < -0.3 is 59.2 Å². The van der Waals surface area contributed by atoms with Crippen molar-refractivity contribution >= 4 is 147 Å². The molecule has 0 aromatic heterocycles. The average molecular weight is 1410 g/mol. The van der Waals surface area contributed by atoms with Crippen LogP contribution in [0.3, 0.4) is 0 Å². The number of aryl methyl sites for hydroxylation is 2. The van der Waals surface area contributed by atoms with Gasteiger partial charge in [0.05, 0.1) is 35.9 Å². The molecule has 0 spiro atoms. The van der Waals surface area contributed by atoms with Crippen molar-refractivity contribution in [1.29, 1.82) is 0 Å². The minimum atomic E-state index is -5.74. The van der Waals surface area contributed by atoms with E-state index in [9.17, 15) is 97.6 Å². The molecule has 8 rings (SSSR count). The summed E-state index contributed by atoms with van der Waals surface area (Å²) in [5, 5.41) is 11.4. The van der Waals surface area contributed by atoms with Crippen molar-refractivity contribution in [1.82, 2.24) is 0 Å². The fourth-order valence-electron chi connectivity index (χ4n) is 8.41. The average Bonchev–Trinajstić information content (AvgIpc) is 0.786. The SMILES string of the molecule is Cc1ccc(C(=O)Nc2ccc(S(=O)(=O)[O-])c3cc(S(=O)[O-])cc(S(=O)(=O)[O-])c23)cc1NC(=O)c1cccc(NC(=O)Nc2cccc(C(=O)Nc3cc(C(=O)Nc4ccc(S(=O)(=O)[O-])c5cc(S(=O)(=O)[O-])cc(S(=O)(=O)[O-])c45)ccc3C)c2)c1.[Na+].[Na+].[Na+].[Na+].[Na+].[Na+]. The largest absolute Gasteiger partial charge is 1.00 e. The predicted molar refractivity (Wildman–Crippen MR) is 295 cm³/mol. The Morgan fingerprint density at radius 3 is 1.05 bits per heavy atom. The van der Waals surface area contributed by atoms with Crippen LogP contribution in [-0.4, -0.2) is 103 Å². The molecule has 0 fully saturated rings. The molecule has 0 heterocycles. The van der Waals surface area contributed by atoms with E-state index in [0.29, 0.717) is 41.5 Å². The van der Waals surface area contributed by atoms with Crippen molar-refractivity contribution in [2.24, 2.45) is 0 Å². The van der Waals surface area contributed by atoms with Gasteiger partial charge in [-0.3, -0.25) is 23.4 Å². The van der Waals surface area contributed by atoms with Crippen LogP contribution < -0.4 is 209 Å². The smallest absolute Gasteiger partial charge is 0.768 e. The van der Waals surface area contributed by atoms with Gasteiger partial charge >= 0.3 is 183 Å². The number of hydrogen-bond donors (Lipinski definition) is 6. The molecule has 0 aliphatic rings. The quantitative estimate of drug-likeness (QED) is 0.0297. The van der Waals surface area contributed by atoms with Crippen LogP contribution in [0.15, 0.2) is 163 Å². The van der Waals surface area contributed by atoms with E-state index >= 15 is 0 Å². The summed E-state index contributed by atoms with van der Waals surface area (Å²) in [6.07, 6.45) is 0. The molecule has 0 saturated heterocycles. The number of nitrogens with one attached hydrogen (secondary N) is 6. The molecule has 40 heteroatoms. The second kappa shape index (κ2) is 33.4. The summed E-state index contributed by atoms with van der Waals surface area (Å²) >= 11 is -3.22. The number of anilines is 6. The molecule has 0 aliphatic carbocycles. The summed E-state index contributed by atoms with van der Waals surface area (Å²) in [7, 11) is -27.8. The van der Waals surface area contributed by atoms with Crippen LogP contribution in [0, 0.1) is 13.8 Å². The molecule has 6 N–H and O–H groups in total. The Morgan fingerprint density at radius 1 is 0.363 bits per heavy atom. The number of fused-ring (bicyclic) bond motifs is 2. The van der Waals surface area contributed by atoms with Crippen LogP contribution in [-0.2, 0) is 61.7 Å². The zero-order valence-corrected chi connectivity index (χ0v) is 65.5. The van der Waals surface area contributed by atoms with Crippen molar-refractivity contribution in [2.75, 3.05) is 31.9 Å². The maximum atomic E-state index is 13.6. The molecular weight excluding hydrogens is 1380 g/mol. The molecular formula is C51H34N6Na6O22S6. The summed E-state index contributed by atoms with van der Waals surface area (Å²) in [6, 6.07) is 22.2. The van der Waals surface area contributed by atoms with Crippen molar-refractivity contribution in [3.63, 3.8) is 0 Å². The summed E-state index contributed by atoms with van der Waals surface area (Å²) in [6.45, 7) is 3.10. The Bertz CT molecular complexity index is 4900. The molecule has 8 aromatic carbocycles. The third-order valence-electron chi connectivity index (χ3n) is 12.3. The van der Waals surface area contributed by atoms with Gasteiger partial charge in [-0.2, -0.15) is 0 Å². The Hall–Kier alpha value is -2.91. The molecule has 0 saturated carbocycles. The first kappa shape index (κ1) is 84.2. The fourth-order valence-corrected chi connectivity index (χ4v) is 12.3. The minimum Gasteiger partial charge on any atom is -0.768 e. The van der Waals surface area contributed by atoms with Gasteiger partial charge in [0.2, 0.25) is 0 Å². The molecule has 1 unspecified atom stereocenters. The van der Waals surface area contributed by atoms with Gasteiger partial charge in [-0.1, -0.05) is 24.3 Å². The van der Waals surface area contributed by atoms with E-state index < -0.39 is 154 Å². The second-order valence-electron chi connectivity index (χ2n) is 18.0. The minimum absolute atomic E-state index is 0. The van der Waals surface area contributed by atoms with E-state index in [1.165, 1.54) is 84.9 Å². The normalized spacial score (nSPS) is 11.6. The van der Waals surface area contributed by atoms with Crippen molar-refractivity contribution in [2.45, 2.75) is 43.2 Å². The third-order valence-corrected chi connectivity index (χ3v) is 17.3. The first-order valence-electron chi connectivity index (χ1n) is 23.3. The number of hydrogen-bond acceptors (Lipinski definition) is 22. The molecule has 6 amide bonds. The van der Waals surface area contributed by atoms with Crippen molar-refractivity contribution < 1.29 is 275 Å². The van der Waals surface area contributed by atoms with Crippen molar-refractivity contribution in [3.8, 4) is 0 Å². The molecule has 28 nitrogen and oxygen atoms in total. The number of amides is 6. The molecule has 0 radical (unpaired) electrons. The third kappa shape index (κ3) is 20.6. The molecule has 0 bridgehead atoms. The summed E-state index contributed by atoms with van der Waals surface area (Å²) in [4.78, 5) is 60.4. The van der Waals surface area contributed by atoms with Crippen molar-refractivity contribution in [3.05, 3.63) is 167 Å². The molecule has 1 atom stereocenters. The van der Waals surface area contributed by atoms with E-state index in [4.69, 9.17) is 0 Å². The Labute approximate surface area is 654 Å². The predicted octanol–water partition coefficient (Wildman–Crippen LogP) is -13.0. The number of rotatable bonds is 16. The Morgan fingerprint density at radius 2 is 0.703 bits per heavy atom. The van der Waals surface area contributed by atoms with Gasteiger partial charge in [0.15, 0.2) is 0 Å². The van der Waals surface area contributed by atoms with E-state index in [1.807, 2.05) is 0 Å². The summed E-state index contributed by atoms with van der Waals surface area (Å²) in [5.74, 6) is -3.61. The number of benzene rings is 8. The molecule has 442 valence electrons. The number of carbonyl (C=O) groups excluding carboxylic acids is 5. The maximum absolute atomic E-state index is 13.6. The van der Waals surface area contributed by atoms with Gasteiger partial charge in [-0.15, -0.1) is 0 Å². The van der Waals surface area contributed by atoms with E-state index in [0.717, 1.165) is 12.1 Å². The van der Waals surface area contributed by atoms with Gasteiger partial charge in [-0.05, 0) is 145 Å². The van der Waals surface area contributed by atoms with E-state index in [2.05, 4.69) is 31.9 Å². The number of carbonyl (C=O) groups is 5. The standard InChI is InChI=1S/C51H40N6O22S6.6Na/c1-25-9-11-29(49(60)54-37-13-15-41(82(68,69)70)35-21-33(80(63)64)22-43(45(35)37)84(74,75)76)19-39(25)56-47(58)27-5-3-7-31(17-27)52-51(62)53-32-8-4-6-28(18-32)48(59)57-40-20-30(12-10-26(40)2)50(61)55-38-14-16-42(83(71,72)73)36-23-34(81(65,66)67)24-44(46(36)38)85(77,78)79;;;;;;/h3-24H,1-2H3,(H,54,60)(H,55,61)(H,56,58)(H,57,59)(H,63,64)(H2,52,53,62)(H,65,66,67)(H,68,69,70)(H,71,72,73)(H,74,75,76)(H,77,78,79);;;;;;/q;6*+1/p-6. The Balaban J connectivity index is 0.00000470. The van der Waals surface area contributed by atoms with Crippen LogP contribution >= 0.6 is 0 Å². The van der Waals surface area contributed by atoms with Crippen LogP contribution in [0.2, 0.25) is 0 Å². The zero-order chi connectivity index (χ0) is 62.5. The Kier molecular flexibility index (Phi) is 30.9. The van der Waals surface area contributed by atoms with Crippen LogP contribution in [0.5, 0.6) is 0 Å². The van der Waals surface area contributed by atoms with Crippen LogP contribution in [0.1, 0.15) is 52.6 Å². The van der Waals surface area contributed by atoms with E-state index in [1.54, 1.807) is 13.8 Å². The van der Waals surface area contributed by atoms with Crippen LogP contribution in [0.25, 0.3) is 21.5 Å². The first-order chi connectivity index (χ1) is 39.5. The topological polar surface area (TPSA) is 484 Å². The first-order valence-corrected chi connectivity index (χ1v) is 31.4. The molecule has 8 aromatic rings. The maximum Gasteiger partial charge on any atom is 1.00 e. The zero-order valence-electron chi connectivity index (χ0n) is 48.6. The van der Waals surface area contributed by atoms with Gasteiger partial charge in [0, 0.05) is 71.4 Å². The second-order valence-corrected chi connectivity index (χ2v) is 25.7. The monoisotopic (exact) mass is 1410 g/mol. The van der Waals surface area contributed by atoms with Gasteiger partial charge in [-0.25, -0.2) is 46.9 Å². The summed E-state index contributed by atoms with van der Waals surface area (Å²) in [5.41, 5.74) is -0.546. The molecule has 91 heavy (non-hydrogen) atoms. The van der Waals surface area contributed by atoms with Crippen LogP contribution in [0.4, 0.5) is 38.9 Å². The number of urea groups is 1.